The third-order valence-electron chi connectivity index (χ3n) is 23.7. The molecular formula is C105H70N2S. The molecule has 16 aromatic carbocycles. The molecule has 0 radical (unpaired) electrons. The van der Waals surface area contributed by atoms with Gasteiger partial charge in [0.05, 0.1) is 22.1 Å². The molecule has 108 heavy (non-hydrogen) atoms. The van der Waals surface area contributed by atoms with Gasteiger partial charge in [-0.2, -0.15) is 0 Å². The van der Waals surface area contributed by atoms with Gasteiger partial charge in [0, 0.05) is 64.6 Å². The first-order valence-corrected chi connectivity index (χ1v) is 38.7. The average molecular weight is 1390 g/mol. The van der Waals surface area contributed by atoms with Gasteiger partial charge in [-0.15, -0.1) is 11.3 Å². The van der Waals surface area contributed by atoms with E-state index in [0.717, 1.165) is 24.1 Å². The Morgan fingerprint density at radius 2 is 0.907 bits per heavy atom. The number of benzene rings is 16. The van der Waals surface area contributed by atoms with Crippen LogP contribution >= 0.6 is 11.3 Å². The molecule has 3 aliphatic carbocycles. The lowest BCUT2D eigenvalue weighted by Crippen LogP contribution is -2.01. The van der Waals surface area contributed by atoms with E-state index in [1.165, 1.54) is 214 Å². The normalized spacial score (nSPS) is 14.1. The summed E-state index contributed by atoms with van der Waals surface area (Å²) in [6, 6.07) is 126. The van der Waals surface area contributed by atoms with Crippen molar-refractivity contribution in [3.05, 3.63) is 402 Å². The van der Waals surface area contributed by atoms with Crippen LogP contribution in [-0.2, 0) is 0 Å². The third kappa shape index (κ3) is 9.65. The number of fused-ring (bicyclic) bond motifs is 17. The second kappa shape index (κ2) is 24.7. The maximum Gasteiger partial charge on any atom is 0.0640 e. The number of nitrogens with zero attached hydrogens (tertiary/aromatic N) is 2. The van der Waals surface area contributed by atoms with Gasteiger partial charge in [-0.3, -0.25) is 0 Å². The number of thiophene rings is 1. The molecule has 19 aromatic rings. The van der Waals surface area contributed by atoms with Gasteiger partial charge < -0.3 is 9.13 Å². The van der Waals surface area contributed by atoms with E-state index in [9.17, 15) is 0 Å². The molecular weight excluding hydrogens is 1320 g/mol. The second-order valence-corrected chi connectivity index (χ2v) is 30.7. The highest BCUT2D eigenvalue weighted by Crippen LogP contribution is 2.55. The number of aryl methyl sites for hydroxylation is 2. The number of para-hydroxylation sites is 2. The van der Waals surface area contributed by atoms with E-state index >= 15 is 0 Å². The monoisotopic (exact) mass is 1390 g/mol. The Morgan fingerprint density at radius 3 is 1.69 bits per heavy atom. The molecule has 3 heteroatoms. The van der Waals surface area contributed by atoms with E-state index in [0.29, 0.717) is 0 Å². The quantitative estimate of drug-likeness (QED) is 0.129. The molecule has 0 saturated heterocycles. The van der Waals surface area contributed by atoms with Crippen LogP contribution in [0, 0.1) is 13.8 Å². The first-order chi connectivity index (χ1) is 53.4. The molecule has 506 valence electrons. The highest BCUT2D eigenvalue weighted by atomic mass is 32.1. The Balaban J connectivity index is 0.635. The predicted molar refractivity (Wildman–Crippen MR) is 460 cm³/mol. The fourth-order valence-corrected chi connectivity index (χ4v) is 20.0. The molecule has 1 atom stereocenters. The molecule has 3 heterocycles. The van der Waals surface area contributed by atoms with E-state index in [1.54, 1.807) is 0 Å². The molecule has 0 saturated carbocycles. The van der Waals surface area contributed by atoms with Crippen LogP contribution < -0.4 is 0 Å². The maximum atomic E-state index is 2.55. The summed E-state index contributed by atoms with van der Waals surface area (Å²) in [5.41, 5.74) is 38.7. The zero-order valence-electron chi connectivity index (χ0n) is 59.9. The van der Waals surface area contributed by atoms with Crippen LogP contribution in [0.3, 0.4) is 0 Å². The first kappa shape index (κ1) is 62.2. The maximum absolute atomic E-state index is 2.55. The zero-order chi connectivity index (χ0) is 71.2. The molecule has 0 N–H and O–H groups in total. The molecule has 22 rings (SSSR count). The lowest BCUT2D eigenvalue weighted by Gasteiger charge is -2.19. The van der Waals surface area contributed by atoms with Crippen molar-refractivity contribution in [3.8, 4) is 89.3 Å². The summed E-state index contributed by atoms with van der Waals surface area (Å²) in [4.78, 5) is 0. The predicted octanol–water partition coefficient (Wildman–Crippen LogP) is 28.8. The minimum atomic E-state index is 0.0424. The highest BCUT2D eigenvalue weighted by Gasteiger charge is 2.34. The van der Waals surface area contributed by atoms with Gasteiger partial charge in [0.2, 0.25) is 0 Å². The van der Waals surface area contributed by atoms with Crippen molar-refractivity contribution in [1.82, 2.24) is 9.13 Å². The molecule has 1 unspecified atom stereocenters. The van der Waals surface area contributed by atoms with Gasteiger partial charge >= 0.3 is 0 Å². The molecule has 0 aliphatic heterocycles. The number of aromatic nitrogens is 2. The van der Waals surface area contributed by atoms with E-state index in [1.807, 2.05) is 11.3 Å². The lowest BCUT2D eigenvalue weighted by molar-refractivity contribution is 1.03. The van der Waals surface area contributed by atoms with Crippen molar-refractivity contribution in [2.75, 3.05) is 0 Å². The van der Waals surface area contributed by atoms with Crippen LogP contribution in [0.15, 0.2) is 352 Å². The van der Waals surface area contributed by atoms with E-state index in [4.69, 9.17) is 0 Å². The number of rotatable bonds is 10. The van der Waals surface area contributed by atoms with Crippen LogP contribution in [0.5, 0.6) is 0 Å². The van der Waals surface area contributed by atoms with Crippen LogP contribution in [0.1, 0.15) is 68.8 Å². The van der Waals surface area contributed by atoms with Crippen LogP contribution in [0.2, 0.25) is 0 Å². The molecule has 3 aromatic heterocycles. The smallest absolute Gasteiger partial charge is 0.0640 e. The van der Waals surface area contributed by atoms with Crippen molar-refractivity contribution in [2.24, 2.45) is 0 Å². The minimum absolute atomic E-state index is 0.0424. The van der Waals surface area contributed by atoms with Crippen molar-refractivity contribution in [3.63, 3.8) is 0 Å². The minimum Gasteiger partial charge on any atom is -0.309 e. The van der Waals surface area contributed by atoms with E-state index in [-0.39, 0.29) is 5.92 Å². The number of hydrogen-bond donors (Lipinski definition) is 0. The summed E-state index contributed by atoms with van der Waals surface area (Å²) in [5.74, 6) is 0.0424. The van der Waals surface area contributed by atoms with E-state index in [2.05, 4.69) is 381 Å². The lowest BCUT2D eigenvalue weighted by atomic mass is 9.84. The number of hydrogen-bond acceptors (Lipinski definition) is 1. The first-order valence-electron chi connectivity index (χ1n) is 37.9. The standard InChI is InChI=1S/C105H70N2S/c1-64-24-9-10-31-76(64)99-65(2)58-90(72-50-54-83-92(59-66-25-5-3-6-26-66)80-34-13-14-35-81(80)93(83)61-72)101-88-39-18-21-42-96(88)107(104(99)101)75-30-23-29-71(60-75)69-44-46-70(47-45-69)77-56-57-85(79-33-12-11-32-78(77)79)100-84-37-16-15-36-82(84)94-62-73(51-55-86(94)100)91-63-98-103(89-40-19-22-43-97(89)108-98)105-102(91)87-38-17-20-41-95(87)106(105)74-52-48-68(49-53-74)67-27-7-4-8-28-67/h3-7,9-27,29-63,100H,8,28H2,1-2H3/b92-59+. The summed E-state index contributed by atoms with van der Waals surface area (Å²) < 4.78 is 7.70. The van der Waals surface area contributed by atoms with Crippen molar-refractivity contribution >= 4 is 103 Å². The van der Waals surface area contributed by atoms with Crippen LogP contribution in [0.4, 0.5) is 0 Å². The summed E-state index contributed by atoms with van der Waals surface area (Å²) in [7, 11) is 0. The summed E-state index contributed by atoms with van der Waals surface area (Å²) in [6.45, 7) is 4.56. The molecule has 3 aliphatic rings. The van der Waals surface area contributed by atoms with Crippen LogP contribution in [0.25, 0.3) is 181 Å². The van der Waals surface area contributed by atoms with Gasteiger partial charge in [-0.1, -0.05) is 291 Å². The fraction of sp³-hybridized carbons (Fsp3) is 0.0476. The molecule has 0 fully saturated rings. The Hall–Kier alpha value is -13.2. The Labute approximate surface area is 631 Å². The number of allylic oxidation sites excluding steroid dienone is 4. The van der Waals surface area contributed by atoms with Gasteiger partial charge in [0.25, 0.3) is 0 Å². The Morgan fingerprint density at radius 1 is 0.324 bits per heavy atom. The Bertz CT molecular complexity index is 7100. The van der Waals surface area contributed by atoms with E-state index < -0.39 is 0 Å². The topological polar surface area (TPSA) is 9.86 Å². The zero-order valence-corrected chi connectivity index (χ0v) is 60.7. The van der Waals surface area contributed by atoms with Crippen molar-refractivity contribution in [2.45, 2.75) is 32.6 Å². The van der Waals surface area contributed by atoms with Gasteiger partial charge in [-0.05, 0) is 238 Å². The largest absolute Gasteiger partial charge is 0.309 e. The SMILES string of the molecule is Cc1ccccc1-c1c(C)cc(-c2ccc3c(c2)-c2ccccc2/C3=C\c2ccccc2)c2c3ccccc3n(-c3cccc(-c4ccc(-c5ccc(C6c7ccccc7-c7cc(-c8cc9sc%10ccccc%10c9c9c8c8ccccc8n9-c8ccc(C9=CC=CCC9)cc8)ccc76)c6ccccc56)cc4)c3)c12. The fourth-order valence-electron chi connectivity index (χ4n) is 18.8. The average Bonchev–Trinajstić information content (AvgIpc) is 1.55. The molecule has 0 amide bonds. The van der Waals surface area contributed by atoms with Gasteiger partial charge in [0.15, 0.2) is 0 Å². The summed E-state index contributed by atoms with van der Waals surface area (Å²) in [5, 5.41) is 10.2. The molecule has 0 spiro atoms. The summed E-state index contributed by atoms with van der Waals surface area (Å²) in [6.07, 6.45) is 11.2. The molecule has 2 nitrogen and oxygen atoms in total. The van der Waals surface area contributed by atoms with Crippen molar-refractivity contribution in [1.29, 1.82) is 0 Å². The highest BCUT2D eigenvalue weighted by molar-refractivity contribution is 7.26. The Kier molecular flexibility index (Phi) is 14.2. The van der Waals surface area contributed by atoms with Crippen LogP contribution in [-0.4, -0.2) is 9.13 Å². The van der Waals surface area contributed by atoms with Gasteiger partial charge in [-0.25, -0.2) is 0 Å². The third-order valence-corrected chi connectivity index (χ3v) is 24.8. The van der Waals surface area contributed by atoms with Gasteiger partial charge in [0.1, 0.15) is 0 Å². The van der Waals surface area contributed by atoms with Crippen molar-refractivity contribution < 1.29 is 0 Å². The molecule has 0 bridgehead atoms. The summed E-state index contributed by atoms with van der Waals surface area (Å²) >= 11 is 1.90. The second-order valence-electron chi connectivity index (χ2n) is 29.7.